The first-order chi connectivity index (χ1) is 18.9. The van der Waals surface area contributed by atoms with Crippen molar-refractivity contribution in [3.05, 3.63) is 69.5 Å². The van der Waals surface area contributed by atoms with Crippen LogP contribution in [0.4, 0.5) is 11.7 Å². The maximum atomic E-state index is 12.8. The lowest BCUT2D eigenvalue weighted by atomic mass is 10.1. The number of carboxylic acid groups (broad SMARTS) is 1. The SMILES string of the molecule is COC[C@H]1CCCN1c1nc2ccc(-n3cc(C(=O)O)c(=O)cc3-c3ccc(N4CCCC4)c(Cl)c3)cc2o1. The van der Waals surface area contributed by atoms with Gasteiger partial charge in [-0.25, -0.2) is 4.79 Å². The van der Waals surface area contributed by atoms with Crippen molar-refractivity contribution in [1.29, 1.82) is 0 Å². The standard InChI is InChI=1S/C29H29ClN4O5/c1-38-17-20-5-4-12-33(20)29-31-23-8-7-19(14-27(23)39-29)34-16-21(28(36)37)26(35)15-25(34)18-6-9-24(22(30)13-18)32-10-2-3-11-32/h6-9,13-16,20H,2-5,10-12,17H2,1H3,(H,36,37)/t20-/m1/s1. The number of halogens is 1. The quantitative estimate of drug-likeness (QED) is 0.336. The highest BCUT2D eigenvalue weighted by molar-refractivity contribution is 6.33. The van der Waals surface area contributed by atoms with Crippen LogP contribution in [0.25, 0.3) is 28.0 Å². The monoisotopic (exact) mass is 548 g/mol. The van der Waals surface area contributed by atoms with Crippen LogP contribution >= 0.6 is 11.6 Å². The summed E-state index contributed by atoms with van der Waals surface area (Å²) in [4.78, 5) is 33.7. The minimum absolute atomic E-state index is 0.208. The molecule has 2 aromatic heterocycles. The Kier molecular flexibility index (Phi) is 6.78. The average molecular weight is 549 g/mol. The van der Waals surface area contributed by atoms with E-state index in [0.29, 0.717) is 45.7 Å². The molecule has 0 bridgehead atoms. The molecule has 2 fully saturated rings. The largest absolute Gasteiger partial charge is 0.477 e. The van der Waals surface area contributed by atoms with E-state index in [9.17, 15) is 14.7 Å². The zero-order valence-electron chi connectivity index (χ0n) is 21.6. The predicted molar refractivity (Wildman–Crippen MR) is 151 cm³/mol. The van der Waals surface area contributed by atoms with Gasteiger partial charge in [0.25, 0.3) is 6.01 Å². The lowest BCUT2D eigenvalue weighted by Gasteiger charge is -2.21. The number of oxazole rings is 1. The van der Waals surface area contributed by atoms with E-state index < -0.39 is 11.4 Å². The third kappa shape index (κ3) is 4.77. The van der Waals surface area contributed by atoms with E-state index in [0.717, 1.165) is 51.0 Å². The highest BCUT2D eigenvalue weighted by Crippen LogP contribution is 2.35. The molecule has 39 heavy (non-hydrogen) atoms. The van der Waals surface area contributed by atoms with Gasteiger partial charge in [0, 0.05) is 56.3 Å². The zero-order chi connectivity index (χ0) is 27.1. The first-order valence-electron chi connectivity index (χ1n) is 13.1. The second kappa shape index (κ2) is 10.4. The summed E-state index contributed by atoms with van der Waals surface area (Å²) >= 11 is 6.70. The van der Waals surface area contributed by atoms with E-state index in [1.807, 2.05) is 36.4 Å². The van der Waals surface area contributed by atoms with Gasteiger partial charge >= 0.3 is 5.97 Å². The van der Waals surface area contributed by atoms with Crippen LogP contribution in [-0.2, 0) is 4.74 Å². The molecule has 2 saturated heterocycles. The summed E-state index contributed by atoms with van der Waals surface area (Å²) in [6.07, 6.45) is 5.66. The Labute approximate surface area is 230 Å². The number of hydrogen-bond donors (Lipinski definition) is 1. The Morgan fingerprint density at radius 1 is 1.13 bits per heavy atom. The minimum atomic E-state index is -1.29. The molecule has 2 aromatic carbocycles. The molecule has 4 aromatic rings. The van der Waals surface area contributed by atoms with Gasteiger partial charge in [-0.2, -0.15) is 4.98 Å². The smallest absolute Gasteiger partial charge is 0.341 e. The van der Waals surface area contributed by atoms with Crippen molar-refractivity contribution in [2.24, 2.45) is 0 Å². The van der Waals surface area contributed by atoms with E-state index in [1.54, 1.807) is 11.7 Å². The molecule has 0 amide bonds. The van der Waals surface area contributed by atoms with Crippen LogP contribution in [0.3, 0.4) is 0 Å². The van der Waals surface area contributed by atoms with Crippen LogP contribution in [-0.4, -0.2) is 60.0 Å². The molecule has 6 rings (SSSR count). The van der Waals surface area contributed by atoms with Crippen molar-refractivity contribution in [2.45, 2.75) is 31.7 Å². The lowest BCUT2D eigenvalue weighted by molar-refractivity contribution is 0.0695. The van der Waals surface area contributed by atoms with E-state index >= 15 is 0 Å². The third-order valence-electron chi connectivity index (χ3n) is 7.59. The van der Waals surface area contributed by atoms with Crippen LogP contribution in [0.15, 0.2) is 57.9 Å². The number of anilines is 2. The van der Waals surface area contributed by atoms with Gasteiger partial charge in [0.2, 0.25) is 0 Å². The topological polar surface area (TPSA) is 101 Å². The Morgan fingerprint density at radius 2 is 1.95 bits per heavy atom. The molecule has 202 valence electrons. The van der Waals surface area contributed by atoms with Crippen molar-refractivity contribution < 1.29 is 19.1 Å². The Balaban J connectivity index is 1.43. The number of benzene rings is 2. The van der Waals surface area contributed by atoms with Gasteiger partial charge in [-0.1, -0.05) is 17.7 Å². The van der Waals surface area contributed by atoms with Crippen LogP contribution in [0.1, 0.15) is 36.0 Å². The van der Waals surface area contributed by atoms with E-state index in [2.05, 4.69) is 14.8 Å². The maximum Gasteiger partial charge on any atom is 0.341 e. The lowest BCUT2D eigenvalue weighted by Crippen LogP contribution is -2.32. The Morgan fingerprint density at radius 3 is 2.69 bits per heavy atom. The van der Waals surface area contributed by atoms with Crippen molar-refractivity contribution in [3.8, 4) is 16.9 Å². The molecule has 0 radical (unpaired) electrons. The van der Waals surface area contributed by atoms with Crippen molar-refractivity contribution in [2.75, 3.05) is 43.2 Å². The first kappa shape index (κ1) is 25.5. The molecule has 2 aliphatic rings. The number of aromatic carboxylic acids is 1. The first-order valence-corrected chi connectivity index (χ1v) is 13.5. The van der Waals surface area contributed by atoms with Crippen LogP contribution in [0.2, 0.25) is 5.02 Å². The summed E-state index contributed by atoms with van der Waals surface area (Å²) in [5.41, 5.74) is 3.18. The molecule has 0 saturated carbocycles. The van der Waals surface area contributed by atoms with E-state index in [-0.39, 0.29) is 11.6 Å². The van der Waals surface area contributed by atoms with E-state index in [4.69, 9.17) is 20.8 Å². The number of nitrogens with zero attached hydrogens (tertiary/aromatic N) is 4. The number of hydrogen-bond acceptors (Lipinski definition) is 7. The van der Waals surface area contributed by atoms with Gasteiger partial charge < -0.3 is 28.6 Å². The zero-order valence-corrected chi connectivity index (χ0v) is 22.4. The van der Waals surface area contributed by atoms with Crippen molar-refractivity contribution in [3.63, 3.8) is 0 Å². The maximum absolute atomic E-state index is 12.8. The summed E-state index contributed by atoms with van der Waals surface area (Å²) in [7, 11) is 1.69. The van der Waals surface area contributed by atoms with Crippen LogP contribution in [0.5, 0.6) is 0 Å². The molecule has 4 heterocycles. The number of carboxylic acids is 1. The number of aromatic nitrogens is 2. The van der Waals surface area contributed by atoms with Gasteiger partial charge in [0.15, 0.2) is 11.0 Å². The number of rotatable bonds is 7. The summed E-state index contributed by atoms with van der Waals surface area (Å²) in [5.74, 6) is -1.29. The molecule has 0 spiro atoms. The minimum Gasteiger partial charge on any atom is -0.477 e. The second-order valence-electron chi connectivity index (χ2n) is 10.1. The second-order valence-corrected chi connectivity index (χ2v) is 10.5. The number of ether oxygens (including phenoxy) is 1. The number of carbonyl (C=O) groups is 1. The fraction of sp³-hybridized carbons (Fsp3) is 0.345. The number of fused-ring (bicyclic) bond motifs is 1. The molecule has 9 nitrogen and oxygen atoms in total. The summed E-state index contributed by atoms with van der Waals surface area (Å²) in [5, 5.41) is 10.3. The van der Waals surface area contributed by atoms with Crippen molar-refractivity contribution in [1.82, 2.24) is 9.55 Å². The van der Waals surface area contributed by atoms with Crippen LogP contribution in [0, 0.1) is 0 Å². The van der Waals surface area contributed by atoms with Gasteiger partial charge in [-0.15, -0.1) is 0 Å². The molecular formula is C29H29ClN4O5. The highest BCUT2D eigenvalue weighted by atomic mass is 35.5. The summed E-state index contributed by atoms with van der Waals surface area (Å²) in [6.45, 7) is 3.36. The van der Waals surface area contributed by atoms with Gasteiger partial charge in [-0.3, -0.25) is 4.79 Å². The fourth-order valence-corrected chi connectivity index (χ4v) is 5.94. The fourth-order valence-electron chi connectivity index (χ4n) is 5.64. The normalized spacial score (nSPS) is 17.4. The summed E-state index contributed by atoms with van der Waals surface area (Å²) in [6, 6.07) is 13.3. The Bertz CT molecular complexity index is 1610. The van der Waals surface area contributed by atoms with E-state index in [1.165, 1.54) is 12.3 Å². The van der Waals surface area contributed by atoms with Crippen LogP contribution < -0.4 is 15.2 Å². The molecule has 0 unspecified atom stereocenters. The van der Waals surface area contributed by atoms with Gasteiger partial charge in [0.1, 0.15) is 11.1 Å². The van der Waals surface area contributed by atoms with Crippen molar-refractivity contribution >= 4 is 40.4 Å². The molecular weight excluding hydrogens is 520 g/mol. The molecule has 0 aliphatic carbocycles. The van der Waals surface area contributed by atoms with Gasteiger partial charge in [0.05, 0.1) is 29.1 Å². The average Bonchev–Trinajstić information content (AvgIpc) is 3.69. The molecule has 1 N–H and O–H groups in total. The molecule has 10 heteroatoms. The Hall–Kier alpha value is -3.82. The highest BCUT2D eigenvalue weighted by Gasteiger charge is 2.28. The molecule has 1 atom stereocenters. The van der Waals surface area contributed by atoms with Gasteiger partial charge in [-0.05, 0) is 49.9 Å². The molecule has 2 aliphatic heterocycles. The number of methoxy groups -OCH3 is 1. The third-order valence-corrected chi connectivity index (χ3v) is 7.90. The summed E-state index contributed by atoms with van der Waals surface area (Å²) < 4.78 is 13.2. The predicted octanol–water partition coefficient (Wildman–Crippen LogP) is 5.21. The number of pyridine rings is 1.